The van der Waals surface area contributed by atoms with Crippen LogP contribution in [0.3, 0.4) is 0 Å². The molecule has 0 radical (unpaired) electrons. The van der Waals surface area contributed by atoms with Gasteiger partial charge in [0.25, 0.3) is 0 Å². The number of hydrogen-bond acceptors (Lipinski definition) is 2. The molecular weight excluding hydrogens is 462 g/mol. The highest BCUT2D eigenvalue weighted by molar-refractivity contribution is 6.01. The molecule has 0 fully saturated rings. The van der Waals surface area contributed by atoms with Gasteiger partial charge in [-0.1, -0.05) is 30.3 Å². The van der Waals surface area contributed by atoms with Gasteiger partial charge in [0, 0.05) is 18.2 Å². The molecule has 0 N–H and O–H groups in total. The standard InChI is InChI=1S/C22H11F8NO2/c23-12-9-14-13(8-11(12)15-16(24)18(26)20(28)19(27)17(15)25)31(21(32)22(29,30)33-14)7-6-10-4-2-1-3-5-10/h1-5,8-9H,6-7H2. The van der Waals surface area contributed by atoms with Crippen LogP contribution < -0.4 is 9.64 Å². The summed E-state index contributed by atoms with van der Waals surface area (Å²) < 4.78 is 116. The van der Waals surface area contributed by atoms with E-state index in [0.717, 1.165) is 0 Å². The lowest BCUT2D eigenvalue weighted by Crippen LogP contribution is -2.51. The number of nitrogens with zero attached hydrogens (tertiary/aromatic N) is 1. The molecule has 0 aliphatic carbocycles. The molecule has 4 rings (SSSR count). The van der Waals surface area contributed by atoms with Gasteiger partial charge in [0.05, 0.1) is 11.3 Å². The molecule has 0 atom stereocenters. The van der Waals surface area contributed by atoms with Crippen molar-refractivity contribution in [2.45, 2.75) is 12.5 Å². The lowest BCUT2D eigenvalue weighted by Gasteiger charge is -2.34. The van der Waals surface area contributed by atoms with Crippen LogP contribution in [0.1, 0.15) is 5.56 Å². The third-order valence-corrected chi connectivity index (χ3v) is 5.02. The Hall–Kier alpha value is -3.63. The SMILES string of the molecule is O=C1N(CCc2ccccc2)c2cc(-c3c(F)c(F)c(F)c(F)c3F)c(F)cc2OC1(F)F. The summed E-state index contributed by atoms with van der Waals surface area (Å²) in [5.74, 6) is -16.0. The Balaban J connectivity index is 1.86. The zero-order valence-corrected chi connectivity index (χ0v) is 16.2. The smallest absolute Gasteiger partial charge is 0.423 e. The number of rotatable bonds is 4. The second kappa shape index (κ2) is 8.05. The highest BCUT2D eigenvalue weighted by atomic mass is 19.3. The normalized spacial score (nSPS) is 14.8. The molecule has 11 heteroatoms. The van der Waals surface area contributed by atoms with Gasteiger partial charge in [-0.05, 0) is 18.1 Å². The third-order valence-electron chi connectivity index (χ3n) is 5.02. The second-order valence-corrected chi connectivity index (χ2v) is 7.06. The lowest BCUT2D eigenvalue weighted by molar-refractivity contribution is -0.192. The fourth-order valence-electron chi connectivity index (χ4n) is 3.43. The van der Waals surface area contributed by atoms with E-state index in [1.54, 1.807) is 30.3 Å². The molecule has 3 aromatic rings. The molecule has 1 heterocycles. The number of carbonyl (C=O) groups excluding carboxylic acids is 1. The van der Waals surface area contributed by atoms with Crippen molar-refractivity contribution in [2.75, 3.05) is 11.4 Å². The van der Waals surface area contributed by atoms with Crippen LogP contribution in [0.4, 0.5) is 40.8 Å². The average molecular weight is 473 g/mol. The minimum Gasteiger partial charge on any atom is -0.423 e. The lowest BCUT2D eigenvalue weighted by atomic mass is 10.0. The Bertz CT molecular complexity index is 1230. The zero-order valence-electron chi connectivity index (χ0n) is 16.2. The minimum absolute atomic E-state index is 0.0529. The maximum Gasteiger partial charge on any atom is 0.482 e. The molecule has 0 unspecified atom stereocenters. The first-order valence-corrected chi connectivity index (χ1v) is 9.31. The molecule has 3 aromatic carbocycles. The summed E-state index contributed by atoms with van der Waals surface area (Å²) in [6.45, 7) is -0.378. The molecule has 33 heavy (non-hydrogen) atoms. The highest BCUT2D eigenvalue weighted by Gasteiger charge is 2.50. The van der Waals surface area contributed by atoms with Gasteiger partial charge in [0.2, 0.25) is 5.82 Å². The fourth-order valence-corrected chi connectivity index (χ4v) is 3.43. The number of alkyl halides is 2. The molecule has 172 valence electrons. The van der Waals surface area contributed by atoms with Gasteiger partial charge < -0.3 is 4.74 Å². The molecule has 3 nitrogen and oxygen atoms in total. The summed E-state index contributed by atoms with van der Waals surface area (Å²) in [6.07, 6.45) is -4.32. The number of hydrogen-bond donors (Lipinski definition) is 0. The van der Waals surface area contributed by atoms with Crippen LogP contribution in [0.15, 0.2) is 42.5 Å². The van der Waals surface area contributed by atoms with Crippen molar-refractivity contribution < 1.29 is 44.7 Å². The number of amides is 1. The van der Waals surface area contributed by atoms with Crippen LogP contribution in [-0.2, 0) is 11.2 Å². The molecule has 0 saturated heterocycles. The predicted molar refractivity (Wildman–Crippen MR) is 99.7 cm³/mol. The largest absolute Gasteiger partial charge is 0.482 e. The number of carbonyl (C=O) groups is 1. The Morgan fingerprint density at radius 3 is 2.00 bits per heavy atom. The van der Waals surface area contributed by atoms with Crippen molar-refractivity contribution in [1.29, 1.82) is 0 Å². The van der Waals surface area contributed by atoms with E-state index in [0.29, 0.717) is 22.6 Å². The van der Waals surface area contributed by atoms with E-state index in [-0.39, 0.29) is 13.0 Å². The first kappa shape index (κ1) is 22.6. The van der Waals surface area contributed by atoms with Crippen LogP contribution in [-0.4, -0.2) is 18.6 Å². The Labute approximate surface area is 180 Å². The molecule has 1 aliphatic rings. The van der Waals surface area contributed by atoms with Crippen LogP contribution >= 0.6 is 0 Å². The Morgan fingerprint density at radius 1 is 0.818 bits per heavy atom. The predicted octanol–water partition coefficient (Wildman–Crippen LogP) is 5.75. The van der Waals surface area contributed by atoms with E-state index in [4.69, 9.17) is 0 Å². The quantitative estimate of drug-likeness (QED) is 0.275. The van der Waals surface area contributed by atoms with Gasteiger partial charge in [-0.25, -0.2) is 26.3 Å². The maximum absolute atomic E-state index is 14.6. The number of benzene rings is 3. The number of fused-ring (bicyclic) bond motifs is 1. The molecule has 0 saturated carbocycles. The van der Waals surface area contributed by atoms with E-state index in [1.165, 1.54) is 0 Å². The number of ether oxygens (including phenoxy) is 1. The van der Waals surface area contributed by atoms with Gasteiger partial charge in [-0.2, -0.15) is 8.78 Å². The van der Waals surface area contributed by atoms with Crippen molar-refractivity contribution in [3.63, 3.8) is 0 Å². The van der Waals surface area contributed by atoms with E-state index in [9.17, 15) is 39.9 Å². The summed E-state index contributed by atoms with van der Waals surface area (Å²) in [6, 6.07) is 9.14. The topological polar surface area (TPSA) is 29.5 Å². The van der Waals surface area contributed by atoms with Gasteiger partial charge in [0.15, 0.2) is 29.0 Å². The molecule has 0 bridgehead atoms. The van der Waals surface area contributed by atoms with Gasteiger partial charge >= 0.3 is 12.0 Å². The van der Waals surface area contributed by atoms with Crippen LogP contribution in [0.25, 0.3) is 11.1 Å². The summed E-state index contributed by atoms with van der Waals surface area (Å²) in [4.78, 5) is 12.8. The Morgan fingerprint density at radius 2 is 1.39 bits per heavy atom. The van der Waals surface area contributed by atoms with E-state index in [2.05, 4.69) is 4.74 Å². The summed E-state index contributed by atoms with van der Waals surface area (Å²) in [5.41, 5.74) is -2.63. The first-order valence-electron chi connectivity index (χ1n) is 9.31. The van der Waals surface area contributed by atoms with Crippen molar-refractivity contribution in [3.05, 3.63) is 82.9 Å². The monoisotopic (exact) mass is 473 g/mol. The van der Waals surface area contributed by atoms with Crippen molar-refractivity contribution >= 4 is 11.6 Å². The summed E-state index contributed by atoms with van der Waals surface area (Å²) in [7, 11) is 0. The zero-order chi connectivity index (χ0) is 24.1. The molecule has 0 aromatic heterocycles. The van der Waals surface area contributed by atoms with E-state index < -0.39 is 69.5 Å². The van der Waals surface area contributed by atoms with E-state index in [1.807, 2.05) is 0 Å². The second-order valence-electron chi connectivity index (χ2n) is 7.06. The molecule has 1 amide bonds. The summed E-state index contributed by atoms with van der Waals surface area (Å²) in [5, 5.41) is 0. The van der Waals surface area contributed by atoms with Gasteiger partial charge in [0.1, 0.15) is 5.82 Å². The van der Waals surface area contributed by atoms with Crippen LogP contribution in [0.5, 0.6) is 5.75 Å². The minimum atomic E-state index is -4.37. The van der Waals surface area contributed by atoms with E-state index >= 15 is 0 Å². The van der Waals surface area contributed by atoms with Crippen molar-refractivity contribution in [3.8, 4) is 16.9 Å². The maximum atomic E-state index is 14.6. The van der Waals surface area contributed by atoms with Gasteiger partial charge in [-0.3, -0.25) is 9.69 Å². The highest BCUT2D eigenvalue weighted by Crippen LogP contribution is 2.44. The van der Waals surface area contributed by atoms with Crippen molar-refractivity contribution in [2.24, 2.45) is 0 Å². The first-order chi connectivity index (χ1) is 15.5. The number of halogens is 8. The fraction of sp³-hybridized carbons (Fsp3) is 0.136. The third kappa shape index (κ3) is 3.77. The summed E-state index contributed by atoms with van der Waals surface area (Å²) >= 11 is 0. The molecular formula is C22H11F8NO2. The van der Waals surface area contributed by atoms with Crippen LogP contribution in [0, 0.1) is 34.9 Å². The number of anilines is 1. The average Bonchev–Trinajstić information content (AvgIpc) is 2.78. The van der Waals surface area contributed by atoms with Crippen LogP contribution in [0.2, 0.25) is 0 Å². The molecule has 0 spiro atoms. The van der Waals surface area contributed by atoms with Crippen molar-refractivity contribution in [1.82, 2.24) is 0 Å². The molecule has 1 aliphatic heterocycles. The Kier molecular flexibility index (Phi) is 5.51. The van der Waals surface area contributed by atoms with Gasteiger partial charge in [-0.15, -0.1) is 0 Å².